The lowest BCUT2D eigenvalue weighted by Crippen LogP contribution is -2.68. The van der Waals surface area contributed by atoms with Gasteiger partial charge >= 0.3 is 62.9 Å². The van der Waals surface area contributed by atoms with Gasteiger partial charge in [-0.2, -0.15) is 34.8 Å². The summed E-state index contributed by atoms with van der Waals surface area (Å²) in [6.07, 6.45) is -21.9. The maximum Gasteiger partial charge on any atom is 0.516 e. The second kappa shape index (κ2) is 47.4. The van der Waals surface area contributed by atoms with Gasteiger partial charge in [0, 0.05) is 59.0 Å². The summed E-state index contributed by atoms with van der Waals surface area (Å²) in [5, 5.41) is 101. The molecule has 0 saturated carbocycles. The number of methoxy groups -OCH3 is 1. The molecular formula is C73H92F9N15O25S. The molecule has 4 aromatic carbocycles. The number of amides is 1. The summed E-state index contributed by atoms with van der Waals surface area (Å²) in [6.45, 7) is 4.75. The molecule has 3 aliphatic rings. The number of rotatable bonds is 31. The highest BCUT2D eigenvalue weighted by Gasteiger charge is 2.65. The molecule has 7 rings (SSSR count). The number of amidine groups is 1. The minimum atomic E-state index is -5.96. The number of benzene rings is 4. The van der Waals surface area contributed by atoms with Crippen molar-refractivity contribution in [2.24, 2.45) is 55.8 Å². The molecule has 3 saturated heterocycles. The van der Waals surface area contributed by atoms with E-state index in [1.165, 1.54) is 69.3 Å². The van der Waals surface area contributed by atoms with Crippen LogP contribution in [-0.4, -0.2) is 274 Å². The molecule has 123 heavy (non-hydrogen) atoms. The number of carboxylic acids is 2. The van der Waals surface area contributed by atoms with E-state index in [1.54, 1.807) is 79.7 Å². The summed E-state index contributed by atoms with van der Waals surface area (Å²) in [5.74, 6) is -27.4. The van der Waals surface area contributed by atoms with Crippen LogP contribution in [0.15, 0.2) is 148 Å². The van der Waals surface area contributed by atoms with Crippen LogP contribution in [0.2, 0.25) is 0 Å². The number of esters is 3. The predicted molar refractivity (Wildman–Crippen MR) is 411 cm³/mol. The van der Waals surface area contributed by atoms with E-state index in [0.29, 0.717) is 5.56 Å². The number of ether oxygens (including phenoxy) is 6. The second-order valence-electron chi connectivity index (χ2n) is 26.7. The van der Waals surface area contributed by atoms with Gasteiger partial charge in [0.15, 0.2) is 53.9 Å². The van der Waals surface area contributed by atoms with E-state index >= 15 is 13.2 Å². The Bertz CT molecular complexity index is 4540. The average molecular weight is 1780 g/mol. The minimum absolute atomic E-state index is 0.0641. The molecule has 15 unspecified atom stereocenters. The lowest BCUT2D eigenvalue weighted by Gasteiger charge is -2.46. The lowest BCUT2D eigenvalue weighted by molar-refractivity contribution is -0.285. The average Bonchev–Trinajstić information content (AvgIpc) is 0.763. The summed E-state index contributed by atoms with van der Waals surface area (Å²) < 4.78 is 180. The highest BCUT2D eigenvalue weighted by atomic mass is 32.2. The van der Waals surface area contributed by atoms with Gasteiger partial charge in [-0.25, -0.2) is 32.5 Å². The van der Waals surface area contributed by atoms with Gasteiger partial charge in [0.2, 0.25) is 5.78 Å². The number of carboxylic acid groups (broad SMARTS) is 2. The van der Waals surface area contributed by atoms with E-state index in [9.17, 15) is 109 Å². The lowest BCUT2D eigenvalue weighted by atomic mass is 9.82. The molecule has 0 spiro atoms. The highest BCUT2D eigenvalue weighted by Crippen LogP contribution is 2.44. The number of aliphatic carboxylic acids is 2. The molecule has 3 fully saturated rings. The fourth-order valence-electron chi connectivity index (χ4n) is 11.6. The summed E-state index contributed by atoms with van der Waals surface area (Å²) in [5.41, 5.74) is 21.8. The zero-order valence-electron chi connectivity index (χ0n) is 65.9. The first-order valence-corrected chi connectivity index (χ1v) is 37.5. The minimum Gasteiger partial charge on any atom is -0.477 e. The van der Waals surface area contributed by atoms with Crippen LogP contribution in [0.5, 0.6) is 0 Å². The number of halogens is 9. The molecule has 3 heterocycles. The van der Waals surface area contributed by atoms with Crippen LogP contribution in [0.4, 0.5) is 39.5 Å². The van der Waals surface area contributed by atoms with Crippen molar-refractivity contribution in [3.8, 4) is 0 Å². The van der Waals surface area contributed by atoms with Gasteiger partial charge < -0.3 is 108 Å². The second-order valence-corrected chi connectivity index (χ2v) is 28.3. The Morgan fingerprint density at radius 2 is 1.06 bits per heavy atom. The third-order valence-corrected chi connectivity index (χ3v) is 19.0. The molecule has 0 aliphatic carbocycles. The number of nitrogens with two attached hydrogens (primary N) is 4. The van der Waals surface area contributed by atoms with E-state index < -0.39 is 227 Å². The number of hydrogen-bond donors (Lipinski definition) is 18. The normalized spacial score (nSPS) is 25.7. The summed E-state index contributed by atoms with van der Waals surface area (Å²) in [6, 6.07) is 25.8. The van der Waals surface area contributed by atoms with Gasteiger partial charge in [-0.3, -0.25) is 49.3 Å². The number of azide groups is 1. The number of nitrogens with zero attached hydrogens (tertiary/aromatic N) is 5. The third-order valence-electron chi connectivity index (χ3n) is 17.9. The maximum atomic E-state index is 15.5. The molecule has 0 bridgehead atoms. The molecule has 3 aliphatic heterocycles. The van der Waals surface area contributed by atoms with Crippen LogP contribution in [0.25, 0.3) is 10.4 Å². The van der Waals surface area contributed by atoms with Gasteiger partial charge in [0.25, 0.3) is 5.91 Å². The Morgan fingerprint density at radius 3 is 1.47 bits per heavy atom. The third kappa shape index (κ3) is 28.8. The molecule has 1 amide bonds. The number of hydrogen-bond acceptors (Lipinski definition) is 30. The van der Waals surface area contributed by atoms with Crippen molar-refractivity contribution in [1.29, 1.82) is 10.8 Å². The molecular weight excluding hydrogens is 1690 g/mol. The van der Waals surface area contributed by atoms with Crippen LogP contribution in [0.1, 0.15) is 89.4 Å². The van der Waals surface area contributed by atoms with Crippen LogP contribution < -0.4 is 43.6 Å². The smallest absolute Gasteiger partial charge is 0.477 e. The van der Waals surface area contributed by atoms with Crippen LogP contribution >= 0.6 is 0 Å². The van der Waals surface area contributed by atoms with Crippen molar-refractivity contribution in [3.05, 3.63) is 166 Å². The van der Waals surface area contributed by atoms with Gasteiger partial charge in [-0.1, -0.05) is 142 Å². The summed E-state index contributed by atoms with van der Waals surface area (Å²) >= 11 is 0. The molecule has 0 aromatic heterocycles. The molecule has 50 heteroatoms. The first-order chi connectivity index (χ1) is 57.3. The zero-order chi connectivity index (χ0) is 93.6. The summed E-state index contributed by atoms with van der Waals surface area (Å²) in [4.78, 5) is 117. The molecule has 21 atom stereocenters. The number of aliphatic hydroxyl groups is 6. The summed E-state index contributed by atoms with van der Waals surface area (Å²) in [7, 11) is -5.13. The maximum absolute atomic E-state index is 15.5. The van der Waals surface area contributed by atoms with Crippen LogP contribution in [0.3, 0.4) is 0 Å². The standard InChI is InChI=1S/C27H31F2N3O8.C18H14F3N3O4S.C16H23F2N3O7.C11H19F2N3O6.CH5N3/c1-15-21(24(28)27(29,26(38)39)40-23(15)22(36)19(35)14-33)32-20(13-31-25(37)17-10-6-3-7-11-17)30-12-18(34)16-8-4-2-5-9-16;19-18(20,21)29(27,28)24-17(15(22)16(26)13-9-5-2-6-10-13)23-11-14(25)12-7-3-1-4-8-12;1-6-10(26-8(3)22)13(27-9(4)23)12-7(2)11(20-21-19)14(17)16(18,28-12)15(24)25-5;1-3-5(16-10(14)15)8(12)11(13,9(20)21)22-7(3)6(19)4(18)2-17;2-1(3)4/h2-11,13,15,19,21-24,30,32-33,35-36H,12,14H2,1H3,(H,31,37)(H,38,39);1-10,22H,11H2,(H,23,24);7,10-14H,6H2,1-5H3;3-8,17-19H,2H2,1H3,(H,20,21)(H4,14,15,16);(H5,2,3,4)/b20-13+;;;;/t15?,19-,21?,22-,23?,24?,27?;;7?,10-,11?,12?,13-,14?,16?;3?,4-,5?,6-,7?,8?,11?;/m1.11./s1. The van der Waals surface area contributed by atoms with E-state index in [4.69, 9.17) is 57.0 Å². The topological polar surface area (TPSA) is 678 Å². The van der Waals surface area contributed by atoms with Crippen LogP contribution in [-0.2, 0) is 62.4 Å². The Morgan fingerprint density at radius 1 is 0.642 bits per heavy atom. The molecule has 22 N–H and O–H groups in total. The number of ketones is 3. The van der Waals surface area contributed by atoms with E-state index in [2.05, 4.69) is 56.9 Å². The SMILES string of the molecule is CC1C(N/C(=C/NC(=O)c2ccccc2)NCC(=O)c2ccccc2)C(F)C(F)(C(=O)O)OC1[C@H](O)[C@H](O)CO.CC1C(N=C(N)N)C(F)C(F)(C(=O)O)OC1[C@H](O)[C@H](O)CO.CC[C@@H](OC(C)=O)[C@@H](OC(C)=O)C1OC(F)(C(=O)OC)C(F)C(N=[N+]=[N-])C1C.N=C(C(=O)c1ccccc1)C(=NCC(=O)c1ccccc1)NS(=O)(=O)C(F)(F)F.N=C(N)N. The first kappa shape index (κ1) is 105. The van der Waals surface area contributed by atoms with Crippen LogP contribution in [0, 0.1) is 28.6 Å². The van der Waals surface area contributed by atoms with Crippen molar-refractivity contribution in [2.45, 2.75) is 163 Å². The van der Waals surface area contributed by atoms with Crippen molar-refractivity contribution >= 4 is 86.6 Å². The Hall–Kier alpha value is -12.0. The van der Waals surface area contributed by atoms with Gasteiger partial charge in [0.05, 0.1) is 57.2 Å². The van der Waals surface area contributed by atoms with Gasteiger partial charge in [-0.05, 0) is 30.0 Å². The van der Waals surface area contributed by atoms with E-state index in [1.807, 2.05) is 0 Å². The Balaban J connectivity index is 0.000000426. The van der Waals surface area contributed by atoms with E-state index in [-0.39, 0.29) is 47.2 Å². The fourth-order valence-corrected chi connectivity index (χ4v) is 12.1. The number of alkyl halides is 9. The molecule has 678 valence electrons. The molecule has 4 aromatic rings. The van der Waals surface area contributed by atoms with Gasteiger partial charge in [0.1, 0.15) is 54.7 Å². The number of guanidine groups is 2. The van der Waals surface area contributed by atoms with Crippen molar-refractivity contribution in [3.63, 3.8) is 0 Å². The Labute approximate surface area is 693 Å². The monoisotopic (exact) mass is 1780 g/mol. The number of nitrogens with one attached hydrogen (secondary N) is 6. The highest BCUT2D eigenvalue weighted by molar-refractivity contribution is 7.91. The number of aliphatic imine (C=N–C) groups is 2. The molecule has 40 nitrogen and oxygen atoms in total. The van der Waals surface area contributed by atoms with Crippen molar-refractivity contribution < 1.29 is 160 Å². The van der Waals surface area contributed by atoms with Crippen molar-refractivity contribution in [1.82, 2.24) is 20.7 Å². The quantitative estimate of drug-likeness (QED) is 0.00391. The largest absolute Gasteiger partial charge is 0.516 e. The van der Waals surface area contributed by atoms with E-state index in [0.717, 1.165) is 31.9 Å². The Kier molecular flexibility index (Phi) is 40.6. The number of carbonyl (C=O) groups excluding carboxylic acids is 7. The first-order valence-electron chi connectivity index (χ1n) is 36.0. The molecule has 0 radical (unpaired) electrons. The van der Waals surface area contributed by atoms with Crippen molar-refractivity contribution in [2.75, 3.05) is 33.4 Å². The zero-order valence-corrected chi connectivity index (χ0v) is 66.7. The predicted octanol–water partition coefficient (Wildman–Crippen LogP) is 1.55. The number of Topliss-reactive ketones (excluding diaryl/α,β-unsaturated/α-hetero) is 3. The number of carbonyl (C=O) groups is 9. The number of aliphatic hydroxyl groups excluding tert-OH is 6. The fraction of sp³-hybridized carbons (Fsp3) is 0.466. The number of sulfonamides is 1. The van der Waals surface area contributed by atoms with Gasteiger partial charge in [-0.15, -0.1) is 0 Å².